The first-order chi connectivity index (χ1) is 9.47. The molecule has 4 nitrogen and oxygen atoms in total. The Bertz CT molecular complexity index is 482. The number of carbonyl (C=O) groups excluding carboxylic acids is 1. The lowest BCUT2D eigenvalue weighted by molar-refractivity contribution is -0.129. The highest BCUT2D eigenvalue weighted by atomic mass is 35.5. The maximum absolute atomic E-state index is 11.7. The van der Waals surface area contributed by atoms with Gasteiger partial charge in [-0.2, -0.15) is 0 Å². The van der Waals surface area contributed by atoms with Crippen LogP contribution in [0.15, 0.2) is 18.2 Å². The molecule has 0 unspecified atom stereocenters. The van der Waals surface area contributed by atoms with Gasteiger partial charge < -0.3 is 9.80 Å². The number of likely N-dealkylation sites (N-methyl/N-ethyl adjacent to an activating group) is 1. The Kier molecular flexibility index (Phi) is 4.89. The van der Waals surface area contributed by atoms with E-state index in [2.05, 4.69) is 21.9 Å². The monoisotopic (exact) mass is 295 g/mol. The van der Waals surface area contributed by atoms with Crippen molar-refractivity contribution in [2.45, 2.75) is 6.92 Å². The van der Waals surface area contributed by atoms with Crippen LogP contribution in [-0.4, -0.2) is 62.5 Å². The fourth-order valence-corrected chi connectivity index (χ4v) is 2.70. The fourth-order valence-electron chi connectivity index (χ4n) is 2.35. The Labute approximate surface area is 125 Å². The molecule has 0 aliphatic carbocycles. The van der Waals surface area contributed by atoms with E-state index < -0.39 is 0 Å². The first kappa shape index (κ1) is 15.1. The first-order valence-electron chi connectivity index (χ1n) is 6.91. The minimum atomic E-state index is 0.159. The van der Waals surface area contributed by atoms with Crippen LogP contribution in [0.1, 0.15) is 5.56 Å². The number of halogens is 1. The zero-order valence-corrected chi connectivity index (χ0v) is 13.2. The lowest BCUT2D eigenvalue weighted by Crippen LogP contribution is -2.49. The molecule has 1 aromatic carbocycles. The van der Waals surface area contributed by atoms with Crippen LogP contribution in [0.4, 0.5) is 5.69 Å². The zero-order chi connectivity index (χ0) is 14.7. The molecule has 1 amide bonds. The number of rotatable bonds is 3. The summed E-state index contributed by atoms with van der Waals surface area (Å²) in [6, 6.07) is 6.17. The van der Waals surface area contributed by atoms with Gasteiger partial charge in [-0.1, -0.05) is 17.7 Å². The van der Waals surface area contributed by atoms with Crippen LogP contribution in [0.5, 0.6) is 0 Å². The molecule has 1 heterocycles. The fraction of sp³-hybridized carbons (Fsp3) is 0.533. The Morgan fingerprint density at radius 1 is 1.25 bits per heavy atom. The minimum Gasteiger partial charge on any atom is -0.368 e. The number of anilines is 1. The predicted octanol–water partition coefficient (Wildman–Crippen LogP) is 1.86. The molecule has 1 aliphatic heterocycles. The van der Waals surface area contributed by atoms with Crippen LogP contribution >= 0.6 is 11.6 Å². The summed E-state index contributed by atoms with van der Waals surface area (Å²) in [5.74, 6) is 0.159. The summed E-state index contributed by atoms with van der Waals surface area (Å²) in [4.78, 5) is 17.8. The van der Waals surface area contributed by atoms with Crippen LogP contribution in [0.25, 0.3) is 0 Å². The number of amides is 1. The Morgan fingerprint density at radius 2 is 1.90 bits per heavy atom. The predicted molar refractivity (Wildman–Crippen MR) is 83.5 cm³/mol. The summed E-state index contributed by atoms with van der Waals surface area (Å²) in [7, 11) is 3.59. The largest absolute Gasteiger partial charge is 0.368 e. The number of benzene rings is 1. The van der Waals surface area contributed by atoms with E-state index in [4.69, 9.17) is 11.6 Å². The van der Waals surface area contributed by atoms with Crippen molar-refractivity contribution in [2.24, 2.45) is 0 Å². The van der Waals surface area contributed by atoms with Crippen LogP contribution in [-0.2, 0) is 4.79 Å². The Hall–Kier alpha value is -1.26. The van der Waals surface area contributed by atoms with E-state index in [1.165, 1.54) is 5.56 Å². The molecule has 20 heavy (non-hydrogen) atoms. The molecular weight excluding hydrogens is 274 g/mol. The molecule has 1 aromatic rings. The second kappa shape index (κ2) is 6.46. The van der Waals surface area contributed by atoms with Gasteiger partial charge in [-0.3, -0.25) is 9.69 Å². The van der Waals surface area contributed by atoms with E-state index in [0.717, 1.165) is 36.9 Å². The molecule has 5 heteroatoms. The van der Waals surface area contributed by atoms with Crippen molar-refractivity contribution in [2.75, 3.05) is 51.7 Å². The highest BCUT2D eigenvalue weighted by molar-refractivity contribution is 6.33. The Balaban J connectivity index is 1.92. The molecule has 2 rings (SSSR count). The highest BCUT2D eigenvalue weighted by Gasteiger charge is 2.20. The average molecular weight is 296 g/mol. The van der Waals surface area contributed by atoms with Gasteiger partial charge in [-0.15, -0.1) is 0 Å². The Morgan fingerprint density at radius 3 is 2.45 bits per heavy atom. The minimum absolute atomic E-state index is 0.159. The zero-order valence-electron chi connectivity index (χ0n) is 12.4. The number of hydrogen-bond acceptors (Lipinski definition) is 3. The summed E-state index contributed by atoms with van der Waals surface area (Å²) in [5, 5.41) is 0.808. The van der Waals surface area contributed by atoms with Crippen LogP contribution in [0.2, 0.25) is 5.02 Å². The topological polar surface area (TPSA) is 26.8 Å². The van der Waals surface area contributed by atoms with Crippen molar-refractivity contribution in [1.29, 1.82) is 0 Å². The van der Waals surface area contributed by atoms with Gasteiger partial charge in [0.05, 0.1) is 17.3 Å². The number of carbonyl (C=O) groups is 1. The molecule has 0 aromatic heterocycles. The van der Waals surface area contributed by atoms with Gasteiger partial charge in [0, 0.05) is 40.3 Å². The molecule has 1 saturated heterocycles. The normalized spacial score (nSPS) is 16.3. The second-order valence-electron chi connectivity index (χ2n) is 5.51. The van der Waals surface area contributed by atoms with Crippen LogP contribution in [0.3, 0.4) is 0 Å². The van der Waals surface area contributed by atoms with Gasteiger partial charge in [0.25, 0.3) is 0 Å². The quantitative estimate of drug-likeness (QED) is 0.852. The molecule has 0 spiro atoms. The molecule has 0 radical (unpaired) electrons. The van der Waals surface area contributed by atoms with Crippen molar-refractivity contribution in [3.8, 4) is 0 Å². The van der Waals surface area contributed by atoms with E-state index in [1.807, 2.05) is 13.0 Å². The van der Waals surface area contributed by atoms with Crippen molar-refractivity contribution in [1.82, 2.24) is 9.80 Å². The van der Waals surface area contributed by atoms with Crippen LogP contribution < -0.4 is 4.90 Å². The van der Waals surface area contributed by atoms with Gasteiger partial charge in [0.2, 0.25) is 5.91 Å². The van der Waals surface area contributed by atoms with Gasteiger partial charge in [0.15, 0.2) is 0 Å². The van der Waals surface area contributed by atoms with Crippen molar-refractivity contribution < 1.29 is 4.79 Å². The molecule has 1 fully saturated rings. The molecular formula is C15H22ClN3O. The lowest BCUT2D eigenvalue weighted by atomic mass is 10.2. The number of nitrogens with zero attached hydrogens (tertiary/aromatic N) is 3. The molecule has 110 valence electrons. The van der Waals surface area contributed by atoms with E-state index in [0.29, 0.717) is 6.54 Å². The van der Waals surface area contributed by atoms with E-state index in [-0.39, 0.29) is 5.91 Å². The summed E-state index contributed by atoms with van der Waals surface area (Å²) in [6.45, 7) is 6.14. The van der Waals surface area contributed by atoms with Gasteiger partial charge in [0.1, 0.15) is 0 Å². The number of aryl methyl sites for hydroxylation is 1. The maximum atomic E-state index is 11.7. The summed E-state index contributed by atoms with van der Waals surface area (Å²) < 4.78 is 0. The smallest absolute Gasteiger partial charge is 0.236 e. The standard InChI is InChI=1S/C15H22ClN3O/c1-12-4-5-14(13(16)10-12)19-8-6-18(7-9-19)11-15(20)17(2)3/h4-5,10H,6-9,11H2,1-3H3. The number of hydrogen-bond donors (Lipinski definition) is 0. The first-order valence-corrected chi connectivity index (χ1v) is 7.29. The average Bonchev–Trinajstić information content (AvgIpc) is 2.40. The SMILES string of the molecule is Cc1ccc(N2CCN(CC(=O)N(C)C)CC2)c(Cl)c1. The summed E-state index contributed by atoms with van der Waals surface area (Å²) in [6.07, 6.45) is 0. The summed E-state index contributed by atoms with van der Waals surface area (Å²) >= 11 is 6.31. The van der Waals surface area contributed by atoms with Gasteiger partial charge in [-0.25, -0.2) is 0 Å². The van der Waals surface area contributed by atoms with Gasteiger partial charge >= 0.3 is 0 Å². The maximum Gasteiger partial charge on any atom is 0.236 e. The summed E-state index contributed by atoms with van der Waals surface area (Å²) in [5.41, 5.74) is 2.27. The molecule has 0 saturated carbocycles. The molecule has 0 atom stereocenters. The van der Waals surface area contributed by atoms with E-state index in [1.54, 1.807) is 19.0 Å². The van der Waals surface area contributed by atoms with Gasteiger partial charge in [-0.05, 0) is 24.6 Å². The third-order valence-electron chi connectivity index (χ3n) is 3.67. The van der Waals surface area contributed by atoms with E-state index in [9.17, 15) is 4.79 Å². The van der Waals surface area contributed by atoms with Crippen molar-refractivity contribution >= 4 is 23.2 Å². The third-order valence-corrected chi connectivity index (χ3v) is 3.98. The lowest BCUT2D eigenvalue weighted by Gasteiger charge is -2.36. The highest BCUT2D eigenvalue weighted by Crippen LogP contribution is 2.27. The van der Waals surface area contributed by atoms with E-state index >= 15 is 0 Å². The molecule has 1 aliphatic rings. The van der Waals surface area contributed by atoms with Crippen molar-refractivity contribution in [3.63, 3.8) is 0 Å². The third kappa shape index (κ3) is 3.64. The van der Waals surface area contributed by atoms with Crippen LogP contribution in [0, 0.1) is 6.92 Å². The molecule has 0 N–H and O–H groups in total. The molecule has 0 bridgehead atoms. The second-order valence-corrected chi connectivity index (χ2v) is 5.91. The van der Waals surface area contributed by atoms with Crippen molar-refractivity contribution in [3.05, 3.63) is 28.8 Å². The number of piperazine rings is 1.